The Morgan fingerprint density at radius 2 is 1.29 bits per heavy atom. The van der Waals surface area contributed by atoms with Crippen LogP contribution < -0.4 is 0 Å². The summed E-state index contributed by atoms with van der Waals surface area (Å²) in [7, 11) is -0.438. The van der Waals surface area contributed by atoms with E-state index in [0.717, 1.165) is 26.3 Å². The van der Waals surface area contributed by atoms with Crippen molar-refractivity contribution in [3.05, 3.63) is 0 Å². The maximum Gasteiger partial charge on any atom is 0.161 e. The molecule has 0 radical (unpaired) electrons. The lowest BCUT2D eigenvalue weighted by Gasteiger charge is -2.51. The largest absolute Gasteiger partial charge is 0.379 e. The fourth-order valence-corrected chi connectivity index (χ4v) is 6.19. The van der Waals surface area contributed by atoms with Gasteiger partial charge in [-0.25, -0.2) is 0 Å². The first kappa shape index (κ1) is 17.6. The van der Waals surface area contributed by atoms with Crippen LogP contribution in [-0.2, 0) is 14.2 Å². The van der Waals surface area contributed by atoms with E-state index in [1.807, 2.05) is 0 Å². The molecule has 2 atom stereocenters. The molecule has 4 nitrogen and oxygen atoms in total. The Labute approximate surface area is 131 Å². The zero-order valence-electron chi connectivity index (χ0n) is 14.4. The van der Waals surface area contributed by atoms with Gasteiger partial charge < -0.3 is 14.2 Å². The second-order valence-corrected chi connectivity index (χ2v) is 9.44. The van der Waals surface area contributed by atoms with Crippen molar-refractivity contribution in [2.45, 2.75) is 59.5 Å². The molecule has 0 saturated carbocycles. The number of rotatable bonds is 4. The van der Waals surface area contributed by atoms with Gasteiger partial charge in [0.15, 0.2) is 6.29 Å². The molecule has 2 aliphatic rings. The first-order chi connectivity index (χ1) is 9.91. The van der Waals surface area contributed by atoms with E-state index in [1.165, 1.54) is 0 Å². The summed E-state index contributed by atoms with van der Waals surface area (Å²) in [5.41, 5.74) is 0. The predicted molar refractivity (Wildman–Crippen MR) is 87.4 cm³/mol. The van der Waals surface area contributed by atoms with Crippen molar-refractivity contribution in [1.82, 2.24) is 4.67 Å². The summed E-state index contributed by atoms with van der Waals surface area (Å²) in [4.78, 5) is 0. The van der Waals surface area contributed by atoms with Gasteiger partial charge in [-0.3, -0.25) is 4.67 Å². The van der Waals surface area contributed by atoms with Crippen LogP contribution >= 0.6 is 8.07 Å². The highest BCUT2D eigenvalue weighted by molar-refractivity contribution is 7.56. The molecule has 0 N–H and O–H groups in total. The fraction of sp³-hybridized carbons (Fsp3) is 1.00. The second-order valence-electron chi connectivity index (χ2n) is 7.10. The maximum absolute atomic E-state index is 6.38. The van der Waals surface area contributed by atoms with Crippen molar-refractivity contribution in [2.75, 3.05) is 26.3 Å². The predicted octanol–water partition coefficient (Wildman–Crippen LogP) is 3.71. The van der Waals surface area contributed by atoms with E-state index in [0.29, 0.717) is 29.4 Å². The third kappa shape index (κ3) is 4.17. The molecule has 2 aliphatic heterocycles. The number of nitrogens with zero attached hydrogens (tertiary/aromatic N) is 1. The average molecular weight is 317 g/mol. The lowest BCUT2D eigenvalue weighted by molar-refractivity contribution is -0.214. The highest BCUT2D eigenvalue weighted by atomic mass is 31.1. The standard InChI is InChI=1S/C16H32NO3P/c1-11(2)14-19-15(12(3)4)21(16(20-14)13(5)6)17-7-9-18-10-8-17/h11-16H,7-10H2,1-6H3. The summed E-state index contributed by atoms with van der Waals surface area (Å²) in [6, 6.07) is 0. The van der Waals surface area contributed by atoms with Crippen LogP contribution in [0.25, 0.3) is 0 Å². The summed E-state index contributed by atoms with van der Waals surface area (Å²) in [5.74, 6) is 2.03. The molecule has 0 spiro atoms. The molecule has 2 heterocycles. The minimum Gasteiger partial charge on any atom is -0.379 e. The van der Waals surface area contributed by atoms with E-state index in [1.54, 1.807) is 0 Å². The molecule has 0 aromatic carbocycles. The molecule has 124 valence electrons. The summed E-state index contributed by atoms with van der Waals surface area (Å²) < 4.78 is 20.9. The summed E-state index contributed by atoms with van der Waals surface area (Å²) in [6.45, 7) is 17.2. The molecule has 2 saturated heterocycles. The molecular weight excluding hydrogens is 285 g/mol. The van der Waals surface area contributed by atoms with Crippen molar-refractivity contribution in [1.29, 1.82) is 0 Å². The lowest BCUT2D eigenvalue weighted by atomic mass is 10.2. The molecule has 0 amide bonds. The van der Waals surface area contributed by atoms with Crippen molar-refractivity contribution in [2.24, 2.45) is 17.8 Å². The first-order valence-electron chi connectivity index (χ1n) is 8.33. The molecule has 0 aliphatic carbocycles. The lowest BCUT2D eigenvalue weighted by Crippen LogP contribution is -2.48. The van der Waals surface area contributed by atoms with Gasteiger partial charge in [-0.15, -0.1) is 0 Å². The Morgan fingerprint density at radius 3 is 1.67 bits per heavy atom. The number of ether oxygens (including phenoxy) is 3. The van der Waals surface area contributed by atoms with Crippen molar-refractivity contribution >= 4 is 8.07 Å². The number of hydrogen-bond donors (Lipinski definition) is 0. The van der Waals surface area contributed by atoms with Crippen LogP contribution in [0.1, 0.15) is 41.5 Å². The monoisotopic (exact) mass is 317 g/mol. The molecule has 2 rings (SSSR count). The maximum atomic E-state index is 6.38. The second kappa shape index (κ2) is 7.70. The Bertz CT molecular complexity index is 301. The smallest absolute Gasteiger partial charge is 0.161 e. The van der Waals surface area contributed by atoms with E-state index in [9.17, 15) is 0 Å². The third-order valence-electron chi connectivity index (χ3n) is 4.07. The Morgan fingerprint density at radius 1 is 0.810 bits per heavy atom. The Kier molecular flexibility index (Phi) is 6.46. The van der Waals surface area contributed by atoms with E-state index < -0.39 is 8.07 Å². The van der Waals surface area contributed by atoms with Crippen LogP contribution in [0.4, 0.5) is 0 Å². The Balaban J connectivity index is 2.22. The van der Waals surface area contributed by atoms with Crippen LogP contribution in [0.5, 0.6) is 0 Å². The van der Waals surface area contributed by atoms with Gasteiger partial charge >= 0.3 is 0 Å². The van der Waals surface area contributed by atoms with Gasteiger partial charge in [0.25, 0.3) is 0 Å². The minimum absolute atomic E-state index is 0.0652. The van der Waals surface area contributed by atoms with Crippen LogP contribution in [-0.4, -0.2) is 49.0 Å². The van der Waals surface area contributed by atoms with E-state index >= 15 is 0 Å². The molecule has 0 aromatic rings. The normalized spacial score (nSPS) is 35.9. The minimum atomic E-state index is -0.438. The van der Waals surface area contributed by atoms with Gasteiger partial charge in [0.2, 0.25) is 0 Å². The number of morpholine rings is 1. The van der Waals surface area contributed by atoms with Crippen LogP contribution in [0.15, 0.2) is 0 Å². The molecule has 0 bridgehead atoms. The molecule has 5 heteroatoms. The molecule has 21 heavy (non-hydrogen) atoms. The zero-order chi connectivity index (χ0) is 15.6. The zero-order valence-corrected chi connectivity index (χ0v) is 15.3. The van der Waals surface area contributed by atoms with Gasteiger partial charge in [0.05, 0.1) is 24.9 Å². The SMILES string of the molecule is CC(C)C1OC(C(C)C)P(N2CCOCC2)C(C(C)C)O1. The van der Waals surface area contributed by atoms with Crippen molar-refractivity contribution in [3.63, 3.8) is 0 Å². The van der Waals surface area contributed by atoms with Crippen molar-refractivity contribution < 1.29 is 14.2 Å². The van der Waals surface area contributed by atoms with Gasteiger partial charge in [0.1, 0.15) is 0 Å². The van der Waals surface area contributed by atoms with Gasteiger partial charge in [-0.05, 0) is 11.8 Å². The summed E-state index contributed by atoms with van der Waals surface area (Å²) in [6.07, 6.45) is -0.0652. The topological polar surface area (TPSA) is 30.9 Å². The summed E-state index contributed by atoms with van der Waals surface area (Å²) >= 11 is 0. The first-order valence-corrected chi connectivity index (χ1v) is 9.77. The number of hydrogen-bond acceptors (Lipinski definition) is 4. The average Bonchev–Trinajstić information content (AvgIpc) is 2.46. The fourth-order valence-electron chi connectivity index (χ4n) is 2.92. The van der Waals surface area contributed by atoms with Crippen LogP contribution in [0.3, 0.4) is 0 Å². The quantitative estimate of drug-likeness (QED) is 0.740. The molecular formula is C16H32NO3P. The summed E-state index contributed by atoms with van der Waals surface area (Å²) in [5, 5.41) is 0. The van der Waals surface area contributed by atoms with Crippen molar-refractivity contribution in [3.8, 4) is 0 Å². The molecule has 2 fully saturated rings. The highest BCUT2D eigenvalue weighted by Gasteiger charge is 2.45. The molecule has 0 aromatic heterocycles. The van der Waals surface area contributed by atoms with Gasteiger partial charge in [-0.1, -0.05) is 41.5 Å². The van der Waals surface area contributed by atoms with E-state index in [-0.39, 0.29) is 6.29 Å². The van der Waals surface area contributed by atoms with Gasteiger partial charge in [-0.2, -0.15) is 0 Å². The van der Waals surface area contributed by atoms with E-state index in [2.05, 4.69) is 46.2 Å². The van der Waals surface area contributed by atoms with Gasteiger partial charge in [0, 0.05) is 27.1 Å². The third-order valence-corrected chi connectivity index (χ3v) is 7.60. The van der Waals surface area contributed by atoms with Crippen LogP contribution in [0.2, 0.25) is 0 Å². The van der Waals surface area contributed by atoms with E-state index in [4.69, 9.17) is 14.2 Å². The molecule has 2 unspecified atom stereocenters. The Hall–Kier alpha value is 0.270. The van der Waals surface area contributed by atoms with Crippen LogP contribution in [0, 0.1) is 17.8 Å². The highest BCUT2D eigenvalue weighted by Crippen LogP contribution is 2.59.